The van der Waals surface area contributed by atoms with E-state index in [0.717, 1.165) is 11.3 Å². The highest BCUT2D eigenvalue weighted by molar-refractivity contribution is 5.29. The standard InChI is InChI=1S/C12H15N3/c1-9-4-3-5-10(6-9)12(13)11-7-15(2)8-14-11/h3-8,12H,13H2,1-2H3. The summed E-state index contributed by atoms with van der Waals surface area (Å²) in [7, 11) is 1.94. The smallest absolute Gasteiger partial charge is 0.0947 e. The molecular formula is C12H15N3. The van der Waals surface area contributed by atoms with Crippen LogP contribution in [0.1, 0.15) is 22.9 Å². The van der Waals surface area contributed by atoms with Gasteiger partial charge in [-0.15, -0.1) is 0 Å². The second kappa shape index (κ2) is 3.87. The Morgan fingerprint density at radius 2 is 2.20 bits per heavy atom. The van der Waals surface area contributed by atoms with E-state index in [1.54, 1.807) is 6.33 Å². The van der Waals surface area contributed by atoms with Gasteiger partial charge in [0, 0.05) is 13.2 Å². The topological polar surface area (TPSA) is 43.8 Å². The molecule has 2 rings (SSSR count). The number of rotatable bonds is 2. The average Bonchev–Trinajstić information content (AvgIpc) is 2.64. The number of aryl methyl sites for hydroxylation is 2. The van der Waals surface area contributed by atoms with Crippen molar-refractivity contribution in [1.82, 2.24) is 9.55 Å². The number of hydrogen-bond donors (Lipinski definition) is 1. The van der Waals surface area contributed by atoms with Gasteiger partial charge in [-0.25, -0.2) is 4.98 Å². The fourth-order valence-corrected chi connectivity index (χ4v) is 1.63. The lowest BCUT2D eigenvalue weighted by atomic mass is 10.0. The molecule has 0 spiro atoms. The highest BCUT2D eigenvalue weighted by Gasteiger charge is 2.10. The molecule has 0 fully saturated rings. The zero-order chi connectivity index (χ0) is 10.8. The molecule has 78 valence electrons. The molecule has 0 radical (unpaired) electrons. The number of imidazole rings is 1. The lowest BCUT2D eigenvalue weighted by Crippen LogP contribution is -2.12. The molecule has 0 aliphatic rings. The average molecular weight is 201 g/mol. The first-order valence-corrected chi connectivity index (χ1v) is 4.97. The third kappa shape index (κ3) is 2.07. The zero-order valence-corrected chi connectivity index (χ0v) is 9.01. The van der Waals surface area contributed by atoms with Gasteiger partial charge in [0.1, 0.15) is 0 Å². The molecule has 0 amide bonds. The number of nitrogens with two attached hydrogens (primary N) is 1. The fourth-order valence-electron chi connectivity index (χ4n) is 1.63. The molecule has 0 aliphatic heterocycles. The number of benzene rings is 1. The van der Waals surface area contributed by atoms with Gasteiger partial charge >= 0.3 is 0 Å². The molecule has 2 aromatic rings. The van der Waals surface area contributed by atoms with E-state index in [1.165, 1.54) is 5.56 Å². The number of aromatic nitrogens is 2. The van der Waals surface area contributed by atoms with Gasteiger partial charge in [-0.1, -0.05) is 29.8 Å². The second-order valence-corrected chi connectivity index (χ2v) is 3.86. The van der Waals surface area contributed by atoms with Gasteiger partial charge in [0.25, 0.3) is 0 Å². The van der Waals surface area contributed by atoms with Gasteiger partial charge < -0.3 is 10.3 Å². The predicted molar refractivity (Wildman–Crippen MR) is 60.4 cm³/mol. The Balaban J connectivity index is 2.32. The molecule has 0 saturated carbocycles. The second-order valence-electron chi connectivity index (χ2n) is 3.86. The van der Waals surface area contributed by atoms with Crippen molar-refractivity contribution in [2.45, 2.75) is 13.0 Å². The molecule has 0 aliphatic carbocycles. The molecule has 1 unspecified atom stereocenters. The Kier molecular flexibility index (Phi) is 2.56. The van der Waals surface area contributed by atoms with Crippen LogP contribution in [0.3, 0.4) is 0 Å². The normalized spacial score (nSPS) is 12.7. The fraction of sp³-hybridized carbons (Fsp3) is 0.250. The lowest BCUT2D eigenvalue weighted by molar-refractivity contribution is 0.833. The van der Waals surface area contributed by atoms with Crippen LogP contribution < -0.4 is 5.73 Å². The Bertz CT molecular complexity index is 459. The van der Waals surface area contributed by atoms with E-state index < -0.39 is 0 Å². The van der Waals surface area contributed by atoms with Crippen LogP contribution in [0.2, 0.25) is 0 Å². The summed E-state index contributed by atoms with van der Waals surface area (Å²) in [6.07, 6.45) is 3.72. The first-order chi connectivity index (χ1) is 7.16. The zero-order valence-electron chi connectivity index (χ0n) is 9.01. The van der Waals surface area contributed by atoms with E-state index in [0.29, 0.717) is 0 Å². The van der Waals surface area contributed by atoms with Crippen molar-refractivity contribution in [3.63, 3.8) is 0 Å². The van der Waals surface area contributed by atoms with Crippen molar-refractivity contribution in [2.24, 2.45) is 12.8 Å². The largest absolute Gasteiger partial charge is 0.340 e. The molecule has 0 saturated heterocycles. The Hall–Kier alpha value is -1.61. The summed E-state index contributed by atoms with van der Waals surface area (Å²) in [4.78, 5) is 4.26. The van der Waals surface area contributed by atoms with Crippen LogP contribution in [0, 0.1) is 6.92 Å². The maximum absolute atomic E-state index is 6.12. The van der Waals surface area contributed by atoms with E-state index in [9.17, 15) is 0 Å². The van der Waals surface area contributed by atoms with Crippen molar-refractivity contribution < 1.29 is 0 Å². The summed E-state index contributed by atoms with van der Waals surface area (Å²) >= 11 is 0. The Morgan fingerprint density at radius 3 is 2.80 bits per heavy atom. The SMILES string of the molecule is Cc1cccc(C(N)c2cn(C)cn2)c1. The van der Waals surface area contributed by atoms with Gasteiger partial charge in [-0.2, -0.15) is 0 Å². The maximum atomic E-state index is 6.12. The highest BCUT2D eigenvalue weighted by atomic mass is 15.0. The molecule has 1 aromatic heterocycles. The lowest BCUT2D eigenvalue weighted by Gasteiger charge is -2.09. The highest BCUT2D eigenvalue weighted by Crippen LogP contribution is 2.18. The third-order valence-electron chi connectivity index (χ3n) is 2.44. The number of nitrogens with zero attached hydrogens (tertiary/aromatic N) is 2. The van der Waals surface area contributed by atoms with Crippen LogP contribution in [0.5, 0.6) is 0 Å². The van der Waals surface area contributed by atoms with Crippen LogP contribution in [0.4, 0.5) is 0 Å². The van der Waals surface area contributed by atoms with Gasteiger partial charge in [0.2, 0.25) is 0 Å². The third-order valence-corrected chi connectivity index (χ3v) is 2.44. The van der Waals surface area contributed by atoms with E-state index in [1.807, 2.05) is 29.9 Å². The van der Waals surface area contributed by atoms with Crippen LogP contribution in [-0.4, -0.2) is 9.55 Å². The van der Waals surface area contributed by atoms with E-state index in [4.69, 9.17) is 5.73 Å². The Morgan fingerprint density at radius 1 is 1.40 bits per heavy atom. The van der Waals surface area contributed by atoms with Crippen LogP contribution in [0.15, 0.2) is 36.8 Å². The molecule has 2 N–H and O–H groups in total. The number of hydrogen-bond acceptors (Lipinski definition) is 2. The van der Waals surface area contributed by atoms with Crippen molar-refractivity contribution in [3.8, 4) is 0 Å². The minimum absolute atomic E-state index is 0.133. The summed E-state index contributed by atoms with van der Waals surface area (Å²) in [5, 5.41) is 0. The van der Waals surface area contributed by atoms with E-state index in [-0.39, 0.29) is 6.04 Å². The first kappa shape index (κ1) is 9.93. The van der Waals surface area contributed by atoms with Crippen LogP contribution in [-0.2, 0) is 7.05 Å². The minimum atomic E-state index is -0.133. The quantitative estimate of drug-likeness (QED) is 0.804. The minimum Gasteiger partial charge on any atom is -0.340 e. The van der Waals surface area contributed by atoms with Gasteiger partial charge in [0.05, 0.1) is 18.1 Å². The summed E-state index contributed by atoms with van der Waals surface area (Å²) in [6, 6.07) is 8.08. The molecule has 1 atom stereocenters. The van der Waals surface area contributed by atoms with Gasteiger partial charge in [0.15, 0.2) is 0 Å². The van der Waals surface area contributed by atoms with Crippen LogP contribution in [0.25, 0.3) is 0 Å². The van der Waals surface area contributed by atoms with Crippen molar-refractivity contribution in [2.75, 3.05) is 0 Å². The molecule has 1 aromatic carbocycles. The van der Waals surface area contributed by atoms with Gasteiger partial charge in [-0.05, 0) is 12.5 Å². The van der Waals surface area contributed by atoms with Crippen molar-refractivity contribution in [3.05, 3.63) is 53.6 Å². The molecule has 1 heterocycles. The van der Waals surface area contributed by atoms with Crippen LogP contribution >= 0.6 is 0 Å². The summed E-state index contributed by atoms with van der Waals surface area (Å²) in [5.41, 5.74) is 9.35. The maximum Gasteiger partial charge on any atom is 0.0947 e. The van der Waals surface area contributed by atoms with E-state index in [2.05, 4.69) is 24.0 Å². The molecule has 15 heavy (non-hydrogen) atoms. The summed E-state index contributed by atoms with van der Waals surface area (Å²) in [6.45, 7) is 2.06. The first-order valence-electron chi connectivity index (χ1n) is 4.97. The monoisotopic (exact) mass is 201 g/mol. The van der Waals surface area contributed by atoms with Crippen molar-refractivity contribution in [1.29, 1.82) is 0 Å². The summed E-state index contributed by atoms with van der Waals surface area (Å²) < 4.78 is 1.91. The van der Waals surface area contributed by atoms with Gasteiger partial charge in [-0.3, -0.25) is 0 Å². The molecule has 3 nitrogen and oxygen atoms in total. The van der Waals surface area contributed by atoms with E-state index >= 15 is 0 Å². The molecule has 3 heteroatoms. The Labute approximate surface area is 89.6 Å². The summed E-state index contributed by atoms with van der Waals surface area (Å²) in [5.74, 6) is 0. The molecule has 0 bridgehead atoms. The molecular weight excluding hydrogens is 186 g/mol. The van der Waals surface area contributed by atoms with Crippen molar-refractivity contribution >= 4 is 0 Å². The predicted octanol–water partition coefficient (Wildman–Crippen LogP) is 1.78.